The molecule has 7 atom stereocenters. The van der Waals surface area contributed by atoms with Crippen LogP contribution >= 0.6 is 11.6 Å². The summed E-state index contributed by atoms with van der Waals surface area (Å²) in [6.07, 6.45) is 3.47. The highest BCUT2D eigenvalue weighted by Gasteiger charge is 2.52. The largest absolute Gasteiger partial charge is 0.490 e. The van der Waals surface area contributed by atoms with E-state index >= 15 is 0 Å². The van der Waals surface area contributed by atoms with Crippen molar-refractivity contribution in [2.45, 2.75) is 80.9 Å². The number of morpholine rings is 1. The Kier molecular flexibility index (Phi) is 11.4. The number of aryl methyl sites for hydroxylation is 1. The zero-order valence-electron chi connectivity index (χ0n) is 32.7. The Morgan fingerprint density at radius 2 is 1.91 bits per heavy atom. The number of amides is 1. The fourth-order valence-electron chi connectivity index (χ4n) is 10.2. The van der Waals surface area contributed by atoms with Crippen LogP contribution in [0.2, 0.25) is 5.02 Å². The lowest BCUT2D eigenvalue weighted by molar-refractivity contribution is -0.219. The molecular weight excluding hydrogens is 781 g/mol. The van der Waals surface area contributed by atoms with Crippen molar-refractivity contribution in [1.82, 2.24) is 14.5 Å². The summed E-state index contributed by atoms with van der Waals surface area (Å²) in [6, 6.07) is 11.2. The molecule has 1 amide bonds. The number of allylic oxidation sites excluding steroid dienone is 1. The highest BCUT2D eigenvalue weighted by atomic mass is 35.5. The summed E-state index contributed by atoms with van der Waals surface area (Å²) < 4.78 is 91.1. The Hall–Kier alpha value is -2.88. The molecule has 2 aliphatic carbocycles. The highest BCUT2D eigenvalue weighted by Crippen LogP contribution is 2.50. The molecule has 0 radical (unpaired) electrons. The Balaban J connectivity index is 1.22. The van der Waals surface area contributed by atoms with E-state index in [1.165, 1.54) is 5.56 Å². The first-order chi connectivity index (χ1) is 27.1. The topological polar surface area (TPSA) is 101 Å². The number of alkyl halides is 3. The van der Waals surface area contributed by atoms with Crippen molar-refractivity contribution < 1.29 is 40.6 Å². The fraction of sp³-hybridized carbons (Fsp3) is 0.643. The molecule has 1 N–H and O–H groups in total. The van der Waals surface area contributed by atoms with Crippen molar-refractivity contribution in [3.8, 4) is 5.75 Å². The molecule has 2 bridgehead atoms. The number of anilines is 1. The van der Waals surface area contributed by atoms with Gasteiger partial charge in [0.1, 0.15) is 18.0 Å². The van der Waals surface area contributed by atoms with Crippen LogP contribution in [0, 0.1) is 17.8 Å². The van der Waals surface area contributed by atoms with Gasteiger partial charge in [-0.2, -0.15) is 13.2 Å². The van der Waals surface area contributed by atoms with Crippen molar-refractivity contribution in [2.75, 3.05) is 77.1 Å². The number of nitrogens with zero attached hydrogens (tertiary/aromatic N) is 3. The van der Waals surface area contributed by atoms with Crippen LogP contribution in [0.3, 0.4) is 0 Å². The number of nitrogens with one attached hydrogen (secondary N) is 1. The Bertz CT molecular complexity index is 1970. The molecule has 6 aliphatic rings. The van der Waals surface area contributed by atoms with E-state index in [1.807, 2.05) is 24.3 Å². The van der Waals surface area contributed by atoms with E-state index in [4.69, 9.17) is 25.8 Å². The molecule has 15 heteroatoms. The van der Waals surface area contributed by atoms with Crippen LogP contribution in [0.4, 0.5) is 18.9 Å². The van der Waals surface area contributed by atoms with Gasteiger partial charge in [-0.05, 0) is 105 Å². The van der Waals surface area contributed by atoms with Gasteiger partial charge in [0.25, 0.3) is 5.91 Å². The van der Waals surface area contributed by atoms with E-state index in [1.54, 1.807) is 32.0 Å². The van der Waals surface area contributed by atoms with Crippen LogP contribution in [0.5, 0.6) is 5.75 Å². The maximum Gasteiger partial charge on any atom is 0.411 e. The Morgan fingerprint density at radius 1 is 1.07 bits per heavy atom. The summed E-state index contributed by atoms with van der Waals surface area (Å²) in [7, 11) is -4.13. The third kappa shape index (κ3) is 8.46. The van der Waals surface area contributed by atoms with Gasteiger partial charge in [0.15, 0.2) is 0 Å². The number of carbonyl (C=O) groups is 1. The molecule has 2 aromatic carbocycles. The maximum atomic E-state index is 14.2. The molecule has 312 valence electrons. The number of hydrogen-bond acceptors (Lipinski definition) is 9. The van der Waals surface area contributed by atoms with E-state index in [0.717, 1.165) is 44.3 Å². The summed E-state index contributed by atoms with van der Waals surface area (Å²) in [6.45, 7) is 7.82. The molecule has 2 saturated heterocycles. The second-order valence-corrected chi connectivity index (χ2v) is 19.9. The molecule has 4 aliphatic heterocycles. The number of halogens is 4. The molecule has 2 aromatic rings. The van der Waals surface area contributed by atoms with Gasteiger partial charge in [-0.25, -0.2) is 13.1 Å². The molecular formula is C42H54ClF3N4O6S. The maximum absolute atomic E-state index is 14.2. The smallest absolute Gasteiger partial charge is 0.411 e. The van der Waals surface area contributed by atoms with Gasteiger partial charge in [-0.3, -0.25) is 14.6 Å². The lowest BCUT2D eigenvalue weighted by atomic mass is 9.63. The number of hydrogen-bond donors (Lipinski definition) is 1. The van der Waals surface area contributed by atoms with E-state index in [0.29, 0.717) is 68.9 Å². The van der Waals surface area contributed by atoms with Crippen molar-refractivity contribution >= 4 is 33.2 Å². The number of carbonyl (C=O) groups excluding carboxylic acids is 1. The van der Waals surface area contributed by atoms with E-state index in [2.05, 4.69) is 25.5 Å². The van der Waals surface area contributed by atoms with Crippen LogP contribution in [-0.2, 0) is 31.3 Å². The molecule has 0 unspecified atom stereocenters. The van der Waals surface area contributed by atoms with E-state index in [9.17, 15) is 26.4 Å². The number of sulfonamides is 1. The third-order valence-electron chi connectivity index (χ3n) is 13.7. The molecule has 10 nitrogen and oxygen atoms in total. The third-order valence-corrected chi connectivity index (χ3v) is 15.9. The lowest BCUT2D eigenvalue weighted by Gasteiger charge is -2.53. The van der Waals surface area contributed by atoms with Crippen LogP contribution < -0.4 is 14.4 Å². The zero-order valence-corrected chi connectivity index (χ0v) is 34.3. The van der Waals surface area contributed by atoms with Gasteiger partial charge in [-0.1, -0.05) is 36.7 Å². The Morgan fingerprint density at radius 3 is 2.70 bits per heavy atom. The van der Waals surface area contributed by atoms with Gasteiger partial charge in [0.05, 0.1) is 30.8 Å². The van der Waals surface area contributed by atoms with E-state index < -0.39 is 50.9 Å². The standard InChI is InChI=1S/C42H54ClF3N4O6S/c1-28-5-3-14-41(56-27-42(44,45)46,25-48-15-16-49-17-18-54-23-34(49)22-48)36-10-7-32(36)21-50-24-40(13-4-6-30-19-33(43)9-11-35(30)40)26-55-38-12-8-31(20-37(38)50)39(51)47-57(52,53)29(28)2/h3,8-9,11-12,14,19-20,28-29,32,34,36H,4-7,10,13,15-18,21-27H2,1-2H3,(H,47,51)/b14-3+/t28-,29+,32-,34-,36+,40-,41-/m0/s1. The van der Waals surface area contributed by atoms with Gasteiger partial charge in [0.2, 0.25) is 10.0 Å². The van der Waals surface area contributed by atoms with Gasteiger partial charge in [0, 0.05) is 67.9 Å². The first kappa shape index (κ1) is 40.9. The van der Waals surface area contributed by atoms with Crippen LogP contribution in [0.25, 0.3) is 0 Å². The van der Waals surface area contributed by atoms with Crippen molar-refractivity contribution in [3.63, 3.8) is 0 Å². The number of rotatable bonds is 4. The van der Waals surface area contributed by atoms with Crippen molar-refractivity contribution in [1.29, 1.82) is 0 Å². The predicted molar refractivity (Wildman–Crippen MR) is 213 cm³/mol. The molecule has 0 aromatic heterocycles. The predicted octanol–water partition coefficient (Wildman–Crippen LogP) is 6.22. The van der Waals surface area contributed by atoms with Gasteiger partial charge >= 0.3 is 6.18 Å². The average Bonchev–Trinajstić information content (AvgIpc) is 3.31. The number of fused-ring (bicyclic) bond motifs is 5. The SMILES string of the molecule is C[C@@H]1[C@@H](C)C/C=C/[C@@](CN2CCN3CCOC[C@@H]3C2)(OCC(F)(F)F)[C@@H]2CC[C@H]2CN2C[C@@]3(CCCc4cc(Cl)ccc43)COc3ccc(cc32)C(=O)NS1(=O)=O. The number of benzene rings is 2. The molecule has 8 rings (SSSR count). The van der Waals surface area contributed by atoms with Gasteiger partial charge in [-0.15, -0.1) is 0 Å². The molecule has 3 fully saturated rings. The summed E-state index contributed by atoms with van der Waals surface area (Å²) in [5.41, 5.74) is 1.43. The molecule has 57 heavy (non-hydrogen) atoms. The second-order valence-electron chi connectivity index (χ2n) is 17.4. The first-order valence-electron chi connectivity index (χ1n) is 20.4. The van der Waals surface area contributed by atoms with E-state index in [-0.39, 0.29) is 36.4 Å². The minimum Gasteiger partial charge on any atom is -0.490 e. The summed E-state index contributed by atoms with van der Waals surface area (Å²) >= 11 is 6.48. The number of ether oxygens (including phenoxy) is 3. The molecule has 1 spiro atoms. The van der Waals surface area contributed by atoms with Crippen molar-refractivity contribution in [2.24, 2.45) is 17.8 Å². The Labute approximate surface area is 339 Å². The monoisotopic (exact) mass is 834 g/mol. The first-order valence-corrected chi connectivity index (χ1v) is 22.4. The van der Waals surface area contributed by atoms with Crippen LogP contribution in [-0.4, -0.2) is 119 Å². The summed E-state index contributed by atoms with van der Waals surface area (Å²) in [5, 5.41) is -0.304. The minimum atomic E-state index is -4.56. The minimum absolute atomic E-state index is 0.0550. The van der Waals surface area contributed by atoms with Crippen LogP contribution in [0.1, 0.15) is 67.4 Å². The zero-order chi connectivity index (χ0) is 40.2. The highest BCUT2D eigenvalue weighted by molar-refractivity contribution is 7.90. The fourth-order valence-corrected chi connectivity index (χ4v) is 11.7. The summed E-state index contributed by atoms with van der Waals surface area (Å²) in [5.74, 6) is -0.937. The van der Waals surface area contributed by atoms with Crippen molar-refractivity contribution in [3.05, 3.63) is 70.3 Å². The normalized spacial score (nSPS) is 34.1. The average molecular weight is 835 g/mol. The molecule has 4 heterocycles. The van der Waals surface area contributed by atoms with Gasteiger partial charge < -0.3 is 19.1 Å². The molecule has 1 saturated carbocycles. The second kappa shape index (κ2) is 15.9. The summed E-state index contributed by atoms with van der Waals surface area (Å²) in [4.78, 5) is 20.5. The lowest BCUT2D eigenvalue weighted by Crippen LogP contribution is -2.63. The quantitative estimate of drug-likeness (QED) is 0.361. The number of piperazine rings is 1. The van der Waals surface area contributed by atoms with Crippen LogP contribution in [0.15, 0.2) is 48.6 Å².